The monoisotopic (exact) mass is 504 g/mol. The van der Waals surface area contributed by atoms with Gasteiger partial charge in [0, 0.05) is 38.3 Å². The van der Waals surface area contributed by atoms with Crippen molar-refractivity contribution < 1.29 is 31.1 Å². The first-order valence-corrected chi connectivity index (χ1v) is 11.8. The Morgan fingerprint density at radius 2 is 1.51 bits per heavy atom. The van der Waals surface area contributed by atoms with E-state index in [0.29, 0.717) is 32.1 Å². The summed E-state index contributed by atoms with van der Waals surface area (Å²) in [6.07, 6.45) is -5.03. The number of alkyl halides is 6. The molecule has 1 aromatic carbocycles. The van der Waals surface area contributed by atoms with Crippen molar-refractivity contribution in [3.8, 4) is 6.07 Å². The number of nitrogens with two attached hydrogens (primary N) is 1. The molecular weight excluding hydrogens is 474 g/mol. The molecule has 2 aliphatic rings. The summed E-state index contributed by atoms with van der Waals surface area (Å²) in [5.41, 5.74) is 2.79. The maximum absolute atomic E-state index is 13.2. The van der Waals surface area contributed by atoms with Crippen molar-refractivity contribution in [1.29, 1.82) is 5.26 Å². The Balaban J connectivity index is 1.51. The van der Waals surface area contributed by atoms with Crippen LogP contribution in [-0.2, 0) is 17.1 Å². The lowest BCUT2D eigenvalue weighted by Gasteiger charge is -2.38. The molecule has 0 radical (unpaired) electrons. The number of nitriles is 1. The molecule has 35 heavy (non-hydrogen) atoms. The maximum Gasteiger partial charge on any atom is 0.416 e. The summed E-state index contributed by atoms with van der Waals surface area (Å²) in [6, 6.07) is 3.77. The highest BCUT2D eigenvalue weighted by molar-refractivity contribution is 5.77. The van der Waals surface area contributed by atoms with E-state index in [1.807, 2.05) is 6.07 Å². The van der Waals surface area contributed by atoms with Gasteiger partial charge in [-0.1, -0.05) is 12.8 Å². The van der Waals surface area contributed by atoms with E-state index in [2.05, 4.69) is 4.90 Å². The van der Waals surface area contributed by atoms with E-state index in [1.165, 1.54) is 0 Å². The van der Waals surface area contributed by atoms with E-state index in [4.69, 9.17) is 11.0 Å². The number of hydrogen-bond donors (Lipinski definition) is 1. The van der Waals surface area contributed by atoms with E-state index in [-0.39, 0.29) is 24.1 Å². The number of anilines is 1. The van der Waals surface area contributed by atoms with Gasteiger partial charge in [0.15, 0.2) is 0 Å². The highest BCUT2D eigenvalue weighted by Crippen LogP contribution is 2.39. The molecule has 1 aliphatic heterocycles. The molecule has 0 bridgehead atoms. The number of hydrogen-bond acceptors (Lipinski definition) is 4. The smallest absolute Gasteiger partial charge is 0.369 e. The summed E-state index contributed by atoms with van der Waals surface area (Å²) in [6.45, 7) is 2.61. The number of benzene rings is 1. The Hall–Kier alpha value is -2.48. The molecule has 0 aromatic heterocycles. The van der Waals surface area contributed by atoms with E-state index in [0.717, 1.165) is 50.8 Å². The normalized spacial score (nSPS) is 23.1. The van der Waals surface area contributed by atoms with Crippen molar-refractivity contribution in [2.75, 3.05) is 37.6 Å². The molecule has 0 spiro atoms. The molecule has 1 atom stereocenters. The second-order valence-electron chi connectivity index (χ2n) is 9.53. The van der Waals surface area contributed by atoms with Crippen LogP contribution in [0.2, 0.25) is 0 Å². The predicted molar refractivity (Wildman–Crippen MR) is 118 cm³/mol. The van der Waals surface area contributed by atoms with Crippen molar-refractivity contribution in [1.82, 2.24) is 4.90 Å². The largest absolute Gasteiger partial charge is 0.416 e. The standard InChI is InChI=1S/C24H30F6N4O/c25-23(26,27)18-13-19(24(28,29)30)15-20(14-18)34-11-9-33(10-12-34)8-6-16-1-3-17(4-2-16)21(5-7-31)22(32)35/h13-17,21H,1-6,8-12H2,(H2,32,35). The Morgan fingerprint density at radius 1 is 0.971 bits per heavy atom. The first-order valence-electron chi connectivity index (χ1n) is 11.8. The molecule has 2 N–H and O–H groups in total. The van der Waals surface area contributed by atoms with Crippen LogP contribution in [0.3, 0.4) is 0 Å². The molecule has 1 saturated heterocycles. The van der Waals surface area contributed by atoms with E-state index in [9.17, 15) is 31.1 Å². The average Bonchev–Trinajstić information content (AvgIpc) is 2.80. The third kappa shape index (κ3) is 7.26. The van der Waals surface area contributed by atoms with E-state index < -0.39 is 35.3 Å². The molecule has 194 valence electrons. The van der Waals surface area contributed by atoms with Gasteiger partial charge in [0.05, 0.1) is 23.1 Å². The molecule has 1 amide bonds. The van der Waals surface area contributed by atoms with Crippen molar-refractivity contribution in [2.45, 2.75) is 50.9 Å². The topological polar surface area (TPSA) is 73.4 Å². The van der Waals surface area contributed by atoms with Gasteiger partial charge in [-0.3, -0.25) is 9.69 Å². The summed E-state index contributed by atoms with van der Waals surface area (Å²) >= 11 is 0. The summed E-state index contributed by atoms with van der Waals surface area (Å²) in [5, 5.41) is 8.92. The van der Waals surface area contributed by atoms with Crippen LogP contribution in [0, 0.1) is 29.1 Å². The van der Waals surface area contributed by atoms with Crippen LogP contribution >= 0.6 is 0 Å². The number of piperazine rings is 1. The molecule has 11 heteroatoms. The van der Waals surface area contributed by atoms with E-state index in [1.54, 1.807) is 4.90 Å². The molecule has 5 nitrogen and oxygen atoms in total. The Labute approximate surface area is 200 Å². The van der Waals surface area contributed by atoms with Gasteiger partial charge in [-0.05, 0) is 55.8 Å². The number of carbonyl (C=O) groups is 1. The molecule has 1 unspecified atom stereocenters. The zero-order valence-electron chi connectivity index (χ0n) is 19.3. The minimum Gasteiger partial charge on any atom is -0.369 e. The molecule has 1 saturated carbocycles. The summed E-state index contributed by atoms with van der Waals surface area (Å²) in [7, 11) is 0. The van der Waals surface area contributed by atoms with Crippen LogP contribution in [0.25, 0.3) is 0 Å². The first-order chi connectivity index (χ1) is 16.4. The molecule has 1 aliphatic carbocycles. The molecule has 1 aromatic rings. The quantitative estimate of drug-likeness (QED) is 0.527. The third-order valence-electron chi connectivity index (χ3n) is 7.30. The average molecular weight is 505 g/mol. The predicted octanol–water partition coefficient (Wildman–Crippen LogP) is 5.06. The highest BCUT2D eigenvalue weighted by atomic mass is 19.4. The van der Waals surface area contributed by atoms with Crippen molar-refractivity contribution in [2.24, 2.45) is 23.5 Å². The number of nitrogens with zero attached hydrogens (tertiary/aromatic N) is 3. The van der Waals surface area contributed by atoms with Crippen LogP contribution in [0.4, 0.5) is 32.0 Å². The minimum absolute atomic E-state index is 0.0634. The van der Waals surface area contributed by atoms with Gasteiger partial charge in [-0.2, -0.15) is 31.6 Å². The van der Waals surface area contributed by atoms with Crippen LogP contribution in [0.5, 0.6) is 0 Å². The Bertz CT molecular complexity index is 878. The van der Waals surface area contributed by atoms with Gasteiger partial charge in [0.2, 0.25) is 5.91 Å². The number of primary amides is 1. The fourth-order valence-corrected chi connectivity index (χ4v) is 5.19. The van der Waals surface area contributed by atoms with Crippen LogP contribution in [-0.4, -0.2) is 43.5 Å². The highest BCUT2D eigenvalue weighted by Gasteiger charge is 2.38. The molecule has 1 heterocycles. The number of carbonyl (C=O) groups excluding carboxylic acids is 1. The lowest BCUT2D eigenvalue weighted by atomic mass is 9.74. The van der Waals surface area contributed by atoms with Gasteiger partial charge < -0.3 is 10.6 Å². The van der Waals surface area contributed by atoms with Gasteiger partial charge in [-0.15, -0.1) is 0 Å². The molecule has 2 fully saturated rings. The van der Waals surface area contributed by atoms with Crippen molar-refractivity contribution in [3.63, 3.8) is 0 Å². The lowest BCUT2D eigenvalue weighted by molar-refractivity contribution is -0.143. The zero-order valence-corrected chi connectivity index (χ0v) is 19.3. The number of rotatable bonds is 7. The van der Waals surface area contributed by atoms with Gasteiger partial charge in [0.1, 0.15) is 0 Å². The molecule has 3 rings (SSSR count). The van der Waals surface area contributed by atoms with Gasteiger partial charge in [0.25, 0.3) is 0 Å². The van der Waals surface area contributed by atoms with Crippen molar-refractivity contribution >= 4 is 11.6 Å². The van der Waals surface area contributed by atoms with Crippen LogP contribution < -0.4 is 10.6 Å². The Morgan fingerprint density at radius 3 is 1.97 bits per heavy atom. The van der Waals surface area contributed by atoms with Gasteiger partial charge in [-0.25, -0.2) is 0 Å². The lowest BCUT2D eigenvalue weighted by Crippen LogP contribution is -2.47. The molecular formula is C24H30F6N4O. The zero-order chi connectivity index (χ0) is 25.8. The second kappa shape index (κ2) is 11.1. The fraction of sp³-hybridized carbons (Fsp3) is 0.667. The summed E-state index contributed by atoms with van der Waals surface area (Å²) in [5.74, 6) is -0.197. The third-order valence-corrected chi connectivity index (χ3v) is 7.30. The van der Waals surface area contributed by atoms with Gasteiger partial charge >= 0.3 is 12.4 Å². The van der Waals surface area contributed by atoms with Crippen LogP contribution in [0.1, 0.15) is 49.7 Å². The summed E-state index contributed by atoms with van der Waals surface area (Å²) in [4.78, 5) is 15.4. The van der Waals surface area contributed by atoms with E-state index >= 15 is 0 Å². The summed E-state index contributed by atoms with van der Waals surface area (Å²) < 4.78 is 78.9. The second-order valence-corrected chi connectivity index (χ2v) is 9.53. The number of amides is 1. The SMILES string of the molecule is N#CCC(C(N)=O)C1CCC(CCN2CCN(c3cc(C(F)(F)F)cc(C(F)(F)F)c3)CC2)CC1. The van der Waals surface area contributed by atoms with Crippen molar-refractivity contribution in [3.05, 3.63) is 29.3 Å². The first kappa shape index (κ1) is 27.1. The number of halogens is 6. The van der Waals surface area contributed by atoms with Crippen LogP contribution in [0.15, 0.2) is 18.2 Å². The Kier molecular flexibility index (Phi) is 8.57. The maximum atomic E-state index is 13.2. The minimum atomic E-state index is -4.86. The fourth-order valence-electron chi connectivity index (χ4n) is 5.19.